The number of pyridine rings is 1. The molecule has 2 aromatic heterocycles. The predicted octanol–water partition coefficient (Wildman–Crippen LogP) is 0.450. The quantitative estimate of drug-likeness (QED) is 0.788. The maximum absolute atomic E-state index is 12.2. The molecule has 0 saturated carbocycles. The molecule has 0 spiro atoms. The van der Waals surface area contributed by atoms with Gasteiger partial charge in [-0.1, -0.05) is 6.07 Å². The predicted molar refractivity (Wildman–Crippen MR) is 89.2 cm³/mol. The monoisotopic (exact) mass is 344 g/mol. The molecule has 1 aliphatic rings. The third kappa shape index (κ3) is 5.12. The standard InChI is InChI=1S/C17H20N4O4/c22-15(6-4-12-5-7-16(23)21-20-12)19-13-11-24-10-8-14(13)25-17-3-1-2-9-18-17/h1-3,5,7,9,13-14H,4,6,8,10-11H2,(H,19,22)(H,21,23). The molecule has 2 N–H and O–H groups in total. The Kier molecular flexibility index (Phi) is 5.73. The van der Waals surface area contributed by atoms with Crippen LogP contribution in [0.25, 0.3) is 0 Å². The number of H-pyrrole nitrogens is 1. The van der Waals surface area contributed by atoms with Crippen molar-refractivity contribution in [3.8, 4) is 5.88 Å². The van der Waals surface area contributed by atoms with Gasteiger partial charge in [-0.2, -0.15) is 5.10 Å². The van der Waals surface area contributed by atoms with E-state index in [2.05, 4.69) is 20.5 Å². The zero-order valence-corrected chi connectivity index (χ0v) is 13.7. The smallest absolute Gasteiger partial charge is 0.264 e. The fraction of sp³-hybridized carbons (Fsp3) is 0.412. The van der Waals surface area contributed by atoms with Crippen molar-refractivity contribution < 1.29 is 14.3 Å². The van der Waals surface area contributed by atoms with E-state index in [9.17, 15) is 9.59 Å². The van der Waals surface area contributed by atoms with E-state index in [1.807, 2.05) is 12.1 Å². The van der Waals surface area contributed by atoms with Crippen LogP contribution >= 0.6 is 0 Å². The second kappa shape index (κ2) is 8.39. The third-order valence-corrected chi connectivity index (χ3v) is 3.89. The minimum Gasteiger partial charge on any atom is -0.472 e. The first-order valence-electron chi connectivity index (χ1n) is 8.20. The van der Waals surface area contributed by atoms with Gasteiger partial charge in [-0.05, 0) is 12.1 Å². The van der Waals surface area contributed by atoms with Crippen LogP contribution < -0.4 is 15.6 Å². The number of amides is 1. The number of carbonyl (C=O) groups excluding carboxylic acids is 1. The van der Waals surface area contributed by atoms with Crippen molar-refractivity contribution in [3.05, 3.63) is 52.6 Å². The Morgan fingerprint density at radius 1 is 1.36 bits per heavy atom. The van der Waals surface area contributed by atoms with Crippen molar-refractivity contribution in [3.63, 3.8) is 0 Å². The molecular formula is C17H20N4O4. The second-order valence-electron chi connectivity index (χ2n) is 5.77. The molecule has 1 fully saturated rings. The van der Waals surface area contributed by atoms with E-state index < -0.39 is 0 Å². The van der Waals surface area contributed by atoms with Gasteiger partial charge in [0.05, 0.1) is 24.9 Å². The number of aryl methyl sites for hydroxylation is 1. The molecule has 0 aromatic carbocycles. The number of hydrogen-bond donors (Lipinski definition) is 2. The molecule has 1 saturated heterocycles. The Bertz CT molecular complexity index is 729. The maximum atomic E-state index is 12.2. The number of nitrogens with one attached hydrogen (secondary N) is 2. The highest BCUT2D eigenvalue weighted by Gasteiger charge is 2.29. The van der Waals surface area contributed by atoms with Crippen molar-refractivity contribution in [2.75, 3.05) is 13.2 Å². The second-order valence-corrected chi connectivity index (χ2v) is 5.77. The largest absolute Gasteiger partial charge is 0.472 e. The molecule has 3 heterocycles. The van der Waals surface area contributed by atoms with E-state index in [0.717, 1.165) is 0 Å². The van der Waals surface area contributed by atoms with Gasteiger partial charge in [-0.25, -0.2) is 10.1 Å². The van der Waals surface area contributed by atoms with E-state index in [4.69, 9.17) is 9.47 Å². The minimum atomic E-state index is -0.262. The molecule has 8 heteroatoms. The van der Waals surface area contributed by atoms with Crippen molar-refractivity contribution in [2.24, 2.45) is 0 Å². The maximum Gasteiger partial charge on any atom is 0.264 e. The number of rotatable bonds is 6. The highest BCUT2D eigenvalue weighted by Crippen LogP contribution is 2.16. The molecule has 1 amide bonds. The average Bonchev–Trinajstić information content (AvgIpc) is 2.64. The number of nitrogens with zero attached hydrogens (tertiary/aromatic N) is 2. The van der Waals surface area contributed by atoms with Gasteiger partial charge in [0.1, 0.15) is 6.10 Å². The molecule has 2 atom stereocenters. The molecule has 8 nitrogen and oxygen atoms in total. The van der Waals surface area contributed by atoms with Gasteiger partial charge >= 0.3 is 0 Å². The van der Waals surface area contributed by atoms with Crippen molar-refractivity contribution in [1.82, 2.24) is 20.5 Å². The van der Waals surface area contributed by atoms with Crippen LogP contribution in [0.3, 0.4) is 0 Å². The summed E-state index contributed by atoms with van der Waals surface area (Å²) in [6, 6.07) is 8.24. The summed E-state index contributed by atoms with van der Waals surface area (Å²) in [5.41, 5.74) is 0.401. The SMILES string of the molecule is O=C(CCc1ccc(=O)[nH]n1)NC1COCCC1Oc1ccccn1. The third-order valence-electron chi connectivity index (χ3n) is 3.89. The van der Waals surface area contributed by atoms with Crippen molar-refractivity contribution >= 4 is 5.91 Å². The lowest BCUT2D eigenvalue weighted by Gasteiger charge is -2.32. The zero-order chi connectivity index (χ0) is 17.5. The van der Waals surface area contributed by atoms with Crippen LogP contribution in [0.4, 0.5) is 0 Å². The van der Waals surface area contributed by atoms with Gasteiger partial charge < -0.3 is 14.8 Å². The Labute approximate surface area is 144 Å². The number of aromatic amines is 1. The van der Waals surface area contributed by atoms with Crippen LogP contribution in [-0.4, -0.2) is 46.4 Å². The lowest BCUT2D eigenvalue weighted by molar-refractivity contribution is -0.124. The van der Waals surface area contributed by atoms with Crippen LogP contribution in [0, 0.1) is 0 Å². The molecule has 2 unspecified atom stereocenters. The van der Waals surface area contributed by atoms with Crippen LogP contribution in [0.15, 0.2) is 41.3 Å². The summed E-state index contributed by atoms with van der Waals surface area (Å²) in [5, 5.41) is 9.20. The van der Waals surface area contributed by atoms with E-state index in [1.54, 1.807) is 18.3 Å². The fourth-order valence-electron chi connectivity index (χ4n) is 2.60. The average molecular weight is 344 g/mol. The fourth-order valence-corrected chi connectivity index (χ4v) is 2.60. The van der Waals surface area contributed by atoms with E-state index in [-0.39, 0.29) is 30.0 Å². The van der Waals surface area contributed by atoms with Crippen LogP contribution in [-0.2, 0) is 16.0 Å². The topological polar surface area (TPSA) is 106 Å². The molecule has 25 heavy (non-hydrogen) atoms. The Balaban J connectivity index is 1.52. The molecule has 0 aliphatic carbocycles. The van der Waals surface area contributed by atoms with Gasteiger partial charge in [0.25, 0.3) is 5.56 Å². The number of hydrogen-bond acceptors (Lipinski definition) is 6. The summed E-state index contributed by atoms with van der Waals surface area (Å²) < 4.78 is 11.3. The Morgan fingerprint density at radius 3 is 3.04 bits per heavy atom. The molecule has 132 valence electrons. The van der Waals surface area contributed by atoms with Gasteiger partial charge in [-0.15, -0.1) is 0 Å². The van der Waals surface area contributed by atoms with Crippen LogP contribution in [0.1, 0.15) is 18.5 Å². The summed E-state index contributed by atoms with van der Waals surface area (Å²) in [6.07, 6.45) is 2.88. The number of carbonyl (C=O) groups is 1. The normalized spacial score (nSPS) is 20.0. The number of aromatic nitrogens is 3. The van der Waals surface area contributed by atoms with Gasteiger partial charge in [-0.3, -0.25) is 9.59 Å². The van der Waals surface area contributed by atoms with Gasteiger partial charge in [0.15, 0.2) is 0 Å². The highest BCUT2D eigenvalue weighted by molar-refractivity contribution is 5.76. The molecule has 3 rings (SSSR count). The van der Waals surface area contributed by atoms with Gasteiger partial charge in [0, 0.05) is 37.6 Å². The van der Waals surface area contributed by atoms with Crippen LogP contribution in [0.2, 0.25) is 0 Å². The Hall–Kier alpha value is -2.74. The first-order chi connectivity index (χ1) is 12.2. The van der Waals surface area contributed by atoms with E-state index in [1.165, 1.54) is 6.07 Å². The Morgan fingerprint density at radius 2 is 2.28 bits per heavy atom. The van der Waals surface area contributed by atoms with E-state index in [0.29, 0.717) is 37.6 Å². The molecule has 0 bridgehead atoms. The first-order valence-corrected chi connectivity index (χ1v) is 8.20. The summed E-state index contributed by atoms with van der Waals surface area (Å²) in [7, 11) is 0. The summed E-state index contributed by atoms with van der Waals surface area (Å²) in [6.45, 7) is 0.991. The van der Waals surface area contributed by atoms with Crippen molar-refractivity contribution in [1.29, 1.82) is 0 Å². The van der Waals surface area contributed by atoms with E-state index >= 15 is 0 Å². The lowest BCUT2D eigenvalue weighted by Crippen LogP contribution is -2.52. The molecule has 0 radical (unpaired) electrons. The van der Waals surface area contributed by atoms with Crippen molar-refractivity contribution in [2.45, 2.75) is 31.4 Å². The summed E-state index contributed by atoms with van der Waals surface area (Å²) in [5.74, 6) is 0.421. The molecular weight excluding hydrogens is 324 g/mol. The lowest BCUT2D eigenvalue weighted by atomic mass is 10.1. The number of ether oxygens (including phenoxy) is 2. The molecule has 1 aliphatic heterocycles. The summed E-state index contributed by atoms with van der Waals surface area (Å²) >= 11 is 0. The van der Waals surface area contributed by atoms with Gasteiger partial charge in [0.2, 0.25) is 11.8 Å². The zero-order valence-electron chi connectivity index (χ0n) is 13.7. The first kappa shape index (κ1) is 17.1. The summed E-state index contributed by atoms with van der Waals surface area (Å²) in [4.78, 5) is 27.3. The van der Waals surface area contributed by atoms with Crippen LogP contribution in [0.5, 0.6) is 5.88 Å². The highest BCUT2D eigenvalue weighted by atomic mass is 16.5. The minimum absolute atomic E-state index is 0.113. The molecule has 2 aromatic rings.